The first-order valence-corrected chi connectivity index (χ1v) is 7.10. The molecule has 112 valence electrons. The van der Waals surface area contributed by atoms with Crippen LogP contribution in [0.15, 0.2) is 30.3 Å². The van der Waals surface area contributed by atoms with E-state index in [2.05, 4.69) is 4.57 Å². The Kier molecular flexibility index (Phi) is 4.70. The Morgan fingerprint density at radius 3 is 2.52 bits per heavy atom. The van der Waals surface area contributed by atoms with Crippen molar-refractivity contribution in [2.24, 2.45) is 5.73 Å². The van der Waals surface area contributed by atoms with E-state index in [9.17, 15) is 4.79 Å². The molecule has 1 aromatic heterocycles. The molecule has 1 unspecified atom stereocenters. The summed E-state index contributed by atoms with van der Waals surface area (Å²) in [7, 11) is 1.66. The molecule has 1 amide bonds. The molecule has 2 N–H and O–H groups in total. The topological polar surface area (TPSA) is 57.2 Å². The van der Waals surface area contributed by atoms with E-state index in [1.165, 1.54) is 0 Å². The van der Waals surface area contributed by atoms with E-state index >= 15 is 0 Å². The second-order valence-electron chi connectivity index (χ2n) is 5.07. The highest BCUT2D eigenvalue weighted by Crippen LogP contribution is 2.30. The van der Waals surface area contributed by atoms with Crippen molar-refractivity contribution in [3.63, 3.8) is 0 Å². The highest BCUT2D eigenvalue weighted by molar-refractivity contribution is 6.30. The quantitative estimate of drug-likeness (QED) is 0.920. The number of nitrogens with two attached hydrogens (primary N) is 1. The number of rotatable bonds is 5. The molecule has 0 saturated heterocycles. The smallest absolute Gasteiger partial charge is 0.250 e. The zero-order valence-corrected chi connectivity index (χ0v) is 13.1. The summed E-state index contributed by atoms with van der Waals surface area (Å²) in [5.41, 5.74) is 8.76. The number of hydrogen-bond donors (Lipinski definition) is 1. The Morgan fingerprint density at radius 1 is 1.38 bits per heavy atom. The van der Waals surface area contributed by atoms with Crippen molar-refractivity contribution < 1.29 is 9.53 Å². The normalized spacial score (nSPS) is 12.4. The summed E-state index contributed by atoms with van der Waals surface area (Å²) < 4.78 is 7.31. The zero-order valence-electron chi connectivity index (χ0n) is 12.4. The second kappa shape index (κ2) is 6.33. The summed E-state index contributed by atoms with van der Waals surface area (Å²) in [5, 5.41) is 0.675. The lowest BCUT2D eigenvalue weighted by atomic mass is 10.1. The van der Waals surface area contributed by atoms with Crippen LogP contribution >= 0.6 is 11.6 Å². The standard InChI is InChI=1S/C16H19ClN2O2/c1-10(9-21-3)19-11(2)14(16(18)20)8-15(19)12-4-6-13(17)7-5-12/h4-8,10H,9H2,1-3H3,(H2,18,20). The van der Waals surface area contributed by atoms with Gasteiger partial charge in [-0.25, -0.2) is 0 Å². The van der Waals surface area contributed by atoms with Gasteiger partial charge in [-0.15, -0.1) is 0 Å². The highest BCUT2D eigenvalue weighted by Gasteiger charge is 2.20. The molecular formula is C16H19ClN2O2. The number of ether oxygens (including phenoxy) is 1. The molecule has 0 bridgehead atoms. The maximum absolute atomic E-state index is 11.6. The van der Waals surface area contributed by atoms with E-state index < -0.39 is 5.91 Å². The molecule has 21 heavy (non-hydrogen) atoms. The molecule has 1 atom stereocenters. The van der Waals surface area contributed by atoms with E-state index in [-0.39, 0.29) is 6.04 Å². The Bertz CT molecular complexity index is 647. The van der Waals surface area contributed by atoms with Crippen LogP contribution in [0.4, 0.5) is 0 Å². The van der Waals surface area contributed by atoms with Gasteiger partial charge in [0.2, 0.25) is 0 Å². The van der Waals surface area contributed by atoms with Crippen molar-refractivity contribution in [1.82, 2.24) is 4.57 Å². The number of nitrogens with zero attached hydrogens (tertiary/aromatic N) is 1. The van der Waals surface area contributed by atoms with Crippen molar-refractivity contribution in [1.29, 1.82) is 0 Å². The van der Waals surface area contributed by atoms with Gasteiger partial charge in [-0.05, 0) is 37.6 Å². The predicted octanol–water partition coefficient (Wildman–Crippen LogP) is 3.42. The minimum Gasteiger partial charge on any atom is -0.383 e. The molecule has 0 fully saturated rings. The van der Waals surface area contributed by atoms with Crippen LogP contribution in [-0.2, 0) is 4.74 Å². The van der Waals surface area contributed by atoms with E-state index in [1.807, 2.05) is 44.2 Å². The molecule has 1 heterocycles. The number of carbonyl (C=O) groups is 1. The highest BCUT2D eigenvalue weighted by atomic mass is 35.5. The van der Waals surface area contributed by atoms with E-state index in [0.29, 0.717) is 17.2 Å². The van der Waals surface area contributed by atoms with Crippen molar-refractivity contribution in [2.45, 2.75) is 19.9 Å². The molecule has 0 aliphatic heterocycles. The lowest BCUT2D eigenvalue weighted by molar-refractivity contribution is 0.0999. The number of primary amides is 1. The van der Waals surface area contributed by atoms with Crippen molar-refractivity contribution in [3.05, 3.63) is 46.6 Å². The van der Waals surface area contributed by atoms with Crippen LogP contribution in [0.1, 0.15) is 29.0 Å². The number of benzene rings is 1. The van der Waals surface area contributed by atoms with Gasteiger partial charge in [0, 0.05) is 23.5 Å². The van der Waals surface area contributed by atoms with Gasteiger partial charge in [0.15, 0.2) is 0 Å². The average Bonchev–Trinajstić information content (AvgIpc) is 2.77. The largest absolute Gasteiger partial charge is 0.383 e. The van der Waals surface area contributed by atoms with Gasteiger partial charge in [-0.2, -0.15) is 0 Å². The molecule has 1 aromatic carbocycles. The van der Waals surface area contributed by atoms with Gasteiger partial charge in [0.25, 0.3) is 5.91 Å². The van der Waals surface area contributed by atoms with E-state index in [4.69, 9.17) is 22.1 Å². The summed E-state index contributed by atoms with van der Waals surface area (Å²) in [6.45, 7) is 4.49. The van der Waals surface area contributed by atoms with Crippen LogP contribution in [0.2, 0.25) is 5.02 Å². The zero-order chi connectivity index (χ0) is 15.6. The number of amides is 1. The van der Waals surface area contributed by atoms with Gasteiger partial charge in [-0.3, -0.25) is 4.79 Å². The minimum atomic E-state index is -0.425. The maximum atomic E-state index is 11.6. The molecule has 0 saturated carbocycles. The van der Waals surface area contributed by atoms with Crippen LogP contribution in [0.5, 0.6) is 0 Å². The van der Waals surface area contributed by atoms with E-state index in [0.717, 1.165) is 17.0 Å². The summed E-state index contributed by atoms with van der Waals surface area (Å²) in [6.07, 6.45) is 0. The number of methoxy groups -OCH3 is 1. The lowest BCUT2D eigenvalue weighted by Gasteiger charge is -2.19. The van der Waals surface area contributed by atoms with Crippen LogP contribution in [-0.4, -0.2) is 24.2 Å². The van der Waals surface area contributed by atoms with Crippen LogP contribution in [0, 0.1) is 6.92 Å². The van der Waals surface area contributed by atoms with E-state index in [1.54, 1.807) is 7.11 Å². The van der Waals surface area contributed by atoms with Gasteiger partial charge < -0.3 is 15.0 Å². The van der Waals surface area contributed by atoms with Crippen LogP contribution in [0.25, 0.3) is 11.3 Å². The molecule has 0 aliphatic rings. The first-order valence-electron chi connectivity index (χ1n) is 6.72. The number of carbonyl (C=O) groups excluding carboxylic acids is 1. The molecule has 0 aliphatic carbocycles. The average molecular weight is 307 g/mol. The van der Waals surface area contributed by atoms with Gasteiger partial charge in [0.1, 0.15) is 0 Å². The van der Waals surface area contributed by atoms with Crippen LogP contribution in [0.3, 0.4) is 0 Å². The number of halogens is 1. The molecular weight excluding hydrogens is 288 g/mol. The van der Waals surface area contributed by atoms with Gasteiger partial charge in [-0.1, -0.05) is 23.7 Å². The molecule has 0 radical (unpaired) electrons. The summed E-state index contributed by atoms with van der Waals surface area (Å²) in [5.74, 6) is -0.425. The second-order valence-corrected chi connectivity index (χ2v) is 5.51. The lowest BCUT2D eigenvalue weighted by Crippen LogP contribution is -2.16. The first-order chi connectivity index (χ1) is 9.95. The van der Waals surface area contributed by atoms with Gasteiger partial charge >= 0.3 is 0 Å². The maximum Gasteiger partial charge on any atom is 0.250 e. The third-order valence-electron chi connectivity index (χ3n) is 3.55. The number of aromatic nitrogens is 1. The molecule has 2 aromatic rings. The van der Waals surface area contributed by atoms with Gasteiger partial charge in [0.05, 0.1) is 18.2 Å². The van der Waals surface area contributed by atoms with Crippen molar-refractivity contribution in [3.8, 4) is 11.3 Å². The SMILES string of the molecule is COCC(C)n1c(-c2ccc(Cl)cc2)cc(C(N)=O)c1C. The predicted molar refractivity (Wildman–Crippen MR) is 84.7 cm³/mol. The minimum absolute atomic E-state index is 0.0915. The molecule has 0 spiro atoms. The fraction of sp³-hybridized carbons (Fsp3) is 0.312. The Morgan fingerprint density at radius 2 is 2.00 bits per heavy atom. The fourth-order valence-electron chi connectivity index (χ4n) is 2.60. The first kappa shape index (κ1) is 15.6. The fourth-order valence-corrected chi connectivity index (χ4v) is 2.72. The Hall–Kier alpha value is -1.78. The molecule has 4 nitrogen and oxygen atoms in total. The third-order valence-corrected chi connectivity index (χ3v) is 3.80. The van der Waals surface area contributed by atoms with Crippen LogP contribution < -0.4 is 5.73 Å². The number of hydrogen-bond acceptors (Lipinski definition) is 2. The molecule has 5 heteroatoms. The Balaban J connectivity index is 2.60. The third kappa shape index (κ3) is 3.12. The Labute approximate surface area is 129 Å². The summed E-state index contributed by atoms with van der Waals surface area (Å²) in [6, 6.07) is 9.43. The molecule has 2 rings (SSSR count). The van der Waals surface area contributed by atoms with Crippen molar-refractivity contribution in [2.75, 3.05) is 13.7 Å². The summed E-state index contributed by atoms with van der Waals surface area (Å²) in [4.78, 5) is 11.6. The summed E-state index contributed by atoms with van der Waals surface area (Å²) >= 11 is 5.94. The monoisotopic (exact) mass is 306 g/mol. The van der Waals surface area contributed by atoms with Crippen molar-refractivity contribution >= 4 is 17.5 Å².